The minimum absolute atomic E-state index is 1.14. The molecule has 10 heavy (non-hydrogen) atoms. The Labute approximate surface area is 54.9 Å². The summed E-state index contributed by atoms with van der Waals surface area (Å²) in [6, 6.07) is 0. The lowest BCUT2D eigenvalue weighted by Gasteiger charge is -1.97. The Morgan fingerprint density at radius 1 is 1.30 bits per heavy atom. The Kier molecular flexibility index (Phi) is 4.09. The van der Waals surface area contributed by atoms with E-state index in [4.69, 9.17) is 10.0 Å². The summed E-state index contributed by atoms with van der Waals surface area (Å²) >= 11 is 0. The Bertz CT molecular complexity index is 133. The second-order valence-corrected chi connectivity index (χ2v) is 1.30. The number of hydrogen-bond acceptors (Lipinski definition) is 3. The van der Waals surface area contributed by atoms with Crippen LogP contribution in [0.5, 0.6) is 0 Å². The minimum Gasteiger partial charge on any atom is -0.402 e. The normalized spacial score (nSPS) is 9.30. The van der Waals surface area contributed by atoms with E-state index in [9.17, 15) is 13.2 Å². The van der Waals surface area contributed by atoms with Crippen LogP contribution in [0.3, 0.4) is 0 Å². The Morgan fingerprint density at radius 2 is 1.80 bits per heavy atom. The summed E-state index contributed by atoms with van der Waals surface area (Å²) in [6.07, 6.45) is -2.53. The standard InChI is InChI=1S/C3H4BF3O3/c5-2(3(6)7)1-10-4(8)9/h8-9H,1H2. The quantitative estimate of drug-likeness (QED) is 0.567. The average molecular weight is 156 g/mol. The summed E-state index contributed by atoms with van der Waals surface area (Å²) < 4.78 is 37.6. The monoisotopic (exact) mass is 156 g/mol. The van der Waals surface area contributed by atoms with Crippen LogP contribution in [0.15, 0.2) is 11.9 Å². The van der Waals surface area contributed by atoms with Gasteiger partial charge in [-0.15, -0.1) is 0 Å². The maximum absolute atomic E-state index is 11.7. The lowest BCUT2D eigenvalue weighted by Crippen LogP contribution is -2.17. The van der Waals surface area contributed by atoms with Crippen LogP contribution in [0.2, 0.25) is 0 Å². The molecule has 7 heteroatoms. The lowest BCUT2D eigenvalue weighted by molar-refractivity contribution is 0.184. The van der Waals surface area contributed by atoms with Gasteiger partial charge in [0.2, 0.25) is 0 Å². The second kappa shape index (κ2) is 4.32. The van der Waals surface area contributed by atoms with Gasteiger partial charge in [0.15, 0.2) is 5.83 Å². The van der Waals surface area contributed by atoms with Crippen molar-refractivity contribution in [2.24, 2.45) is 0 Å². The molecule has 0 saturated carbocycles. The van der Waals surface area contributed by atoms with Crippen LogP contribution in [-0.2, 0) is 4.65 Å². The number of halogens is 3. The number of hydrogen-bond donors (Lipinski definition) is 2. The fourth-order valence-electron chi connectivity index (χ4n) is 0.202. The summed E-state index contributed by atoms with van der Waals surface area (Å²) in [5, 5.41) is 15.8. The van der Waals surface area contributed by atoms with E-state index in [0.29, 0.717) is 0 Å². The molecule has 0 rings (SSSR count). The lowest BCUT2D eigenvalue weighted by atomic mass is 10.3. The van der Waals surface area contributed by atoms with Gasteiger partial charge in [0.25, 0.3) is 0 Å². The maximum Gasteiger partial charge on any atom is 0.634 e. The maximum atomic E-state index is 11.7. The highest BCUT2D eigenvalue weighted by atomic mass is 19.3. The summed E-state index contributed by atoms with van der Waals surface area (Å²) in [6.45, 7) is -1.14. The van der Waals surface area contributed by atoms with Gasteiger partial charge in [-0.1, -0.05) is 0 Å². The van der Waals surface area contributed by atoms with E-state index in [2.05, 4.69) is 4.65 Å². The highest BCUT2D eigenvalue weighted by Gasteiger charge is 2.12. The zero-order valence-electron chi connectivity index (χ0n) is 4.72. The molecular formula is C3H4BF3O3. The molecule has 0 fully saturated rings. The molecule has 2 N–H and O–H groups in total. The van der Waals surface area contributed by atoms with Gasteiger partial charge in [-0.2, -0.15) is 8.78 Å². The molecule has 0 unspecified atom stereocenters. The Morgan fingerprint density at radius 3 is 2.10 bits per heavy atom. The predicted octanol–water partition coefficient (Wildman–Crippen LogP) is 0.0501. The average Bonchev–Trinajstić information content (AvgIpc) is 1.82. The van der Waals surface area contributed by atoms with E-state index in [1.165, 1.54) is 0 Å². The van der Waals surface area contributed by atoms with Gasteiger partial charge in [0, 0.05) is 0 Å². The van der Waals surface area contributed by atoms with Crippen molar-refractivity contribution in [2.45, 2.75) is 0 Å². The molecule has 0 radical (unpaired) electrons. The molecule has 0 aliphatic rings. The van der Waals surface area contributed by atoms with E-state index in [-0.39, 0.29) is 0 Å². The third-order valence-electron chi connectivity index (χ3n) is 0.564. The van der Waals surface area contributed by atoms with Gasteiger partial charge in [-0.3, -0.25) is 0 Å². The van der Waals surface area contributed by atoms with E-state index in [1.807, 2.05) is 0 Å². The molecule has 0 amide bonds. The van der Waals surface area contributed by atoms with Crippen molar-refractivity contribution >= 4 is 7.32 Å². The molecule has 0 bridgehead atoms. The first-order valence-corrected chi connectivity index (χ1v) is 2.21. The predicted molar refractivity (Wildman–Crippen MR) is 26.5 cm³/mol. The molecule has 0 heterocycles. The van der Waals surface area contributed by atoms with Gasteiger partial charge >= 0.3 is 13.4 Å². The van der Waals surface area contributed by atoms with Crippen molar-refractivity contribution in [3.63, 3.8) is 0 Å². The second-order valence-electron chi connectivity index (χ2n) is 1.30. The van der Waals surface area contributed by atoms with Crippen LogP contribution in [-0.4, -0.2) is 24.0 Å². The fourth-order valence-corrected chi connectivity index (χ4v) is 0.202. The van der Waals surface area contributed by atoms with Crippen LogP contribution in [0, 0.1) is 0 Å². The van der Waals surface area contributed by atoms with Gasteiger partial charge in [0.1, 0.15) is 0 Å². The van der Waals surface area contributed by atoms with Crippen molar-refractivity contribution in [3.05, 3.63) is 11.9 Å². The van der Waals surface area contributed by atoms with E-state index in [1.54, 1.807) is 0 Å². The molecule has 0 aliphatic heterocycles. The molecule has 0 aliphatic carbocycles. The molecule has 58 valence electrons. The highest BCUT2D eigenvalue weighted by molar-refractivity contribution is 6.32. The Hall–Kier alpha value is -0.525. The van der Waals surface area contributed by atoms with Gasteiger partial charge < -0.3 is 14.7 Å². The van der Waals surface area contributed by atoms with E-state index in [0.717, 1.165) is 0 Å². The fraction of sp³-hybridized carbons (Fsp3) is 0.333. The van der Waals surface area contributed by atoms with Crippen LogP contribution in [0.4, 0.5) is 13.2 Å². The van der Waals surface area contributed by atoms with Crippen molar-refractivity contribution in [2.75, 3.05) is 6.61 Å². The molecule has 0 spiro atoms. The molecule has 0 saturated heterocycles. The van der Waals surface area contributed by atoms with Gasteiger partial charge in [-0.25, -0.2) is 4.39 Å². The van der Waals surface area contributed by atoms with Crippen molar-refractivity contribution in [1.29, 1.82) is 0 Å². The zero-order chi connectivity index (χ0) is 8.15. The summed E-state index contributed by atoms with van der Waals surface area (Å²) in [7, 11) is -2.23. The van der Waals surface area contributed by atoms with Gasteiger partial charge in [-0.05, 0) is 0 Å². The largest absolute Gasteiger partial charge is 0.634 e. The summed E-state index contributed by atoms with van der Waals surface area (Å²) in [5.74, 6) is -1.81. The number of rotatable bonds is 3. The molecule has 0 aromatic carbocycles. The van der Waals surface area contributed by atoms with Crippen LogP contribution >= 0.6 is 0 Å². The molecule has 0 aromatic rings. The smallest absolute Gasteiger partial charge is 0.402 e. The first-order chi connectivity index (χ1) is 4.54. The third kappa shape index (κ3) is 4.36. The summed E-state index contributed by atoms with van der Waals surface area (Å²) in [4.78, 5) is 0. The van der Waals surface area contributed by atoms with Crippen molar-refractivity contribution < 1.29 is 27.9 Å². The van der Waals surface area contributed by atoms with Crippen molar-refractivity contribution in [1.82, 2.24) is 0 Å². The van der Waals surface area contributed by atoms with Crippen LogP contribution < -0.4 is 0 Å². The van der Waals surface area contributed by atoms with E-state index >= 15 is 0 Å². The molecule has 3 nitrogen and oxygen atoms in total. The van der Waals surface area contributed by atoms with Crippen LogP contribution in [0.1, 0.15) is 0 Å². The Balaban J connectivity index is 3.60. The van der Waals surface area contributed by atoms with Crippen LogP contribution in [0.25, 0.3) is 0 Å². The molecule has 0 aromatic heterocycles. The minimum atomic E-state index is -2.53. The zero-order valence-corrected chi connectivity index (χ0v) is 4.72. The first-order valence-electron chi connectivity index (χ1n) is 2.21. The third-order valence-corrected chi connectivity index (χ3v) is 0.564. The molecule has 0 atom stereocenters. The SMILES string of the molecule is OB(O)OCC(F)=C(F)F. The topological polar surface area (TPSA) is 49.7 Å². The molecular weight excluding hydrogens is 152 g/mol. The summed E-state index contributed by atoms with van der Waals surface area (Å²) in [5.41, 5.74) is 0. The van der Waals surface area contributed by atoms with Crippen molar-refractivity contribution in [3.8, 4) is 0 Å². The highest BCUT2D eigenvalue weighted by Crippen LogP contribution is 2.08. The first kappa shape index (κ1) is 9.47. The van der Waals surface area contributed by atoms with Gasteiger partial charge in [0.05, 0.1) is 6.61 Å². The van der Waals surface area contributed by atoms with E-state index < -0.39 is 25.8 Å².